The Morgan fingerprint density at radius 1 is 1.03 bits per heavy atom. The quantitative estimate of drug-likeness (QED) is 0.314. The number of carbonyl (C=O) groups excluding carboxylic acids is 1. The Labute approximate surface area is 228 Å². The molecule has 5 aromatic rings. The number of methoxy groups -OCH3 is 1. The Morgan fingerprint density at radius 3 is 2.41 bits per heavy atom. The van der Waals surface area contributed by atoms with Gasteiger partial charge in [0.25, 0.3) is 5.91 Å². The molecule has 1 amide bonds. The monoisotopic (exact) mass is 532 g/mol. The number of anilines is 2. The molecule has 5 rings (SSSR count). The fraction of sp³-hybridized carbons (Fsp3) is 0.333. The summed E-state index contributed by atoms with van der Waals surface area (Å²) in [6.07, 6.45) is 8.72. The normalized spacial score (nSPS) is 10.3. The van der Waals surface area contributed by atoms with E-state index in [2.05, 4.69) is 25.7 Å². The van der Waals surface area contributed by atoms with Crippen LogP contribution in [0.5, 0.6) is 5.75 Å². The summed E-state index contributed by atoms with van der Waals surface area (Å²) in [7, 11) is 5.27. The summed E-state index contributed by atoms with van der Waals surface area (Å²) < 4.78 is 10.5. The van der Waals surface area contributed by atoms with E-state index in [1.54, 1.807) is 47.0 Å². The molecule has 0 fully saturated rings. The Bertz CT molecular complexity index is 1530. The summed E-state index contributed by atoms with van der Waals surface area (Å²) in [6, 6.07) is 5.34. The van der Waals surface area contributed by atoms with Gasteiger partial charge in [0, 0.05) is 63.3 Å². The minimum Gasteiger partial charge on any atom is -0.497 e. The Morgan fingerprint density at radius 2 is 1.79 bits per heavy atom. The second-order valence-electron chi connectivity index (χ2n) is 7.80. The smallest absolute Gasteiger partial charge is 0.254 e. The molecule has 0 aromatic carbocycles. The van der Waals surface area contributed by atoms with Gasteiger partial charge in [0.1, 0.15) is 17.1 Å². The number of nitrogens with one attached hydrogen (secondary N) is 2. The number of fused-ring (bicyclic) bond motifs is 1. The molecule has 0 saturated heterocycles. The number of ether oxygens (including phenoxy) is 1. The standard InChI is InChI=1S/C23H24N10O2.2C2H6/c1-5-24-23(34)18-15(16-7-10-32(3)29-16)13-33-19(18)20(27-17-12-14(35-4)6-8-25-17)28-21(30-33)22-26-9-11-31(22)2;2*1-2/h6-13H,5H2,1-4H3,(H,24,34)(H,25,27,28,30);2*1-2H3. The number of hydrogen-bond donors (Lipinski definition) is 2. The highest BCUT2D eigenvalue weighted by Crippen LogP contribution is 2.33. The number of nitrogens with zero attached hydrogens (tertiary/aromatic N) is 8. The second kappa shape index (κ2) is 13.2. The molecule has 12 heteroatoms. The van der Waals surface area contributed by atoms with Gasteiger partial charge < -0.3 is 19.9 Å². The molecular weight excluding hydrogens is 496 g/mol. The van der Waals surface area contributed by atoms with E-state index in [-0.39, 0.29) is 5.91 Å². The summed E-state index contributed by atoms with van der Waals surface area (Å²) in [6.45, 7) is 10.3. The van der Waals surface area contributed by atoms with Crippen molar-refractivity contribution in [3.8, 4) is 28.7 Å². The molecule has 0 aliphatic heterocycles. The van der Waals surface area contributed by atoms with E-state index in [1.165, 1.54) is 0 Å². The summed E-state index contributed by atoms with van der Waals surface area (Å²) in [5, 5.41) is 15.3. The molecule has 5 aromatic heterocycles. The number of carbonyl (C=O) groups is 1. The molecule has 0 saturated carbocycles. The molecule has 2 N–H and O–H groups in total. The third-order valence-electron chi connectivity index (χ3n) is 5.42. The zero-order valence-electron chi connectivity index (χ0n) is 23.7. The average molecular weight is 533 g/mol. The van der Waals surface area contributed by atoms with Crippen LogP contribution < -0.4 is 15.4 Å². The number of pyridine rings is 1. The van der Waals surface area contributed by atoms with Gasteiger partial charge >= 0.3 is 0 Å². The van der Waals surface area contributed by atoms with Crippen LogP contribution in [0.1, 0.15) is 45.0 Å². The van der Waals surface area contributed by atoms with Crippen LogP contribution in [0.4, 0.5) is 11.6 Å². The zero-order valence-corrected chi connectivity index (χ0v) is 23.7. The van der Waals surface area contributed by atoms with Crippen molar-refractivity contribution < 1.29 is 9.53 Å². The first-order valence-electron chi connectivity index (χ1n) is 12.9. The van der Waals surface area contributed by atoms with E-state index in [1.807, 2.05) is 71.7 Å². The van der Waals surface area contributed by atoms with Gasteiger partial charge in [0.15, 0.2) is 11.6 Å². The first kappa shape index (κ1) is 28.8. The van der Waals surface area contributed by atoms with Crippen molar-refractivity contribution in [1.82, 2.24) is 44.2 Å². The van der Waals surface area contributed by atoms with Gasteiger partial charge in [-0.05, 0) is 19.1 Å². The fourth-order valence-electron chi connectivity index (χ4n) is 3.80. The minimum absolute atomic E-state index is 0.259. The summed E-state index contributed by atoms with van der Waals surface area (Å²) >= 11 is 0. The third-order valence-corrected chi connectivity index (χ3v) is 5.42. The predicted molar refractivity (Wildman–Crippen MR) is 152 cm³/mol. The zero-order chi connectivity index (χ0) is 28.5. The molecule has 12 nitrogen and oxygen atoms in total. The van der Waals surface area contributed by atoms with Gasteiger partial charge in [-0.2, -0.15) is 5.10 Å². The Kier molecular flexibility index (Phi) is 9.74. The molecule has 0 radical (unpaired) electrons. The first-order chi connectivity index (χ1) is 19.0. The highest BCUT2D eigenvalue weighted by Gasteiger charge is 2.26. The van der Waals surface area contributed by atoms with Gasteiger partial charge in [0.2, 0.25) is 5.82 Å². The lowest BCUT2D eigenvalue weighted by Crippen LogP contribution is -2.23. The molecule has 0 atom stereocenters. The molecule has 0 aliphatic carbocycles. The van der Waals surface area contributed by atoms with Crippen LogP contribution >= 0.6 is 0 Å². The van der Waals surface area contributed by atoms with Crippen LogP contribution in [0.25, 0.3) is 28.4 Å². The summed E-state index contributed by atoms with van der Waals surface area (Å²) in [5.41, 5.74) is 2.16. The molecule has 5 heterocycles. The van der Waals surface area contributed by atoms with Crippen molar-refractivity contribution >= 4 is 23.1 Å². The third kappa shape index (κ3) is 6.06. The van der Waals surface area contributed by atoms with Crippen LogP contribution in [0.2, 0.25) is 0 Å². The van der Waals surface area contributed by atoms with E-state index in [9.17, 15) is 4.79 Å². The van der Waals surface area contributed by atoms with Crippen LogP contribution in [0, 0.1) is 0 Å². The van der Waals surface area contributed by atoms with Crippen molar-refractivity contribution in [1.29, 1.82) is 0 Å². The van der Waals surface area contributed by atoms with Crippen molar-refractivity contribution in [3.05, 3.63) is 54.7 Å². The first-order valence-corrected chi connectivity index (χ1v) is 12.9. The van der Waals surface area contributed by atoms with Crippen LogP contribution in [0.3, 0.4) is 0 Å². The lowest BCUT2D eigenvalue weighted by atomic mass is 10.1. The minimum atomic E-state index is -0.259. The van der Waals surface area contributed by atoms with E-state index in [4.69, 9.17) is 14.8 Å². The van der Waals surface area contributed by atoms with E-state index < -0.39 is 0 Å². The van der Waals surface area contributed by atoms with Crippen molar-refractivity contribution in [2.75, 3.05) is 19.0 Å². The van der Waals surface area contributed by atoms with Crippen molar-refractivity contribution in [3.63, 3.8) is 0 Å². The predicted octanol–water partition coefficient (Wildman–Crippen LogP) is 4.48. The van der Waals surface area contributed by atoms with Crippen LogP contribution in [-0.4, -0.2) is 58.5 Å². The van der Waals surface area contributed by atoms with E-state index in [0.717, 1.165) is 0 Å². The van der Waals surface area contributed by atoms with Gasteiger partial charge in [-0.3, -0.25) is 9.48 Å². The lowest BCUT2D eigenvalue weighted by Gasteiger charge is -2.11. The number of hydrogen-bond acceptors (Lipinski definition) is 8. The molecule has 0 bridgehead atoms. The number of imidazole rings is 1. The van der Waals surface area contributed by atoms with Gasteiger partial charge in [-0.25, -0.2) is 19.5 Å². The molecule has 0 unspecified atom stereocenters. The average Bonchev–Trinajstić information content (AvgIpc) is 3.69. The second-order valence-corrected chi connectivity index (χ2v) is 7.80. The van der Waals surface area contributed by atoms with E-state index >= 15 is 0 Å². The number of aromatic nitrogens is 8. The van der Waals surface area contributed by atoms with Crippen LogP contribution in [-0.2, 0) is 14.1 Å². The highest BCUT2D eigenvalue weighted by atomic mass is 16.5. The molecule has 0 aliphatic rings. The molecular formula is C27H36N10O2. The summed E-state index contributed by atoms with van der Waals surface area (Å²) in [4.78, 5) is 26.8. The van der Waals surface area contributed by atoms with Crippen molar-refractivity contribution in [2.24, 2.45) is 14.1 Å². The maximum Gasteiger partial charge on any atom is 0.254 e. The Balaban J connectivity index is 0.00000100. The maximum absolute atomic E-state index is 13.3. The maximum atomic E-state index is 13.3. The van der Waals surface area contributed by atoms with Crippen LogP contribution in [0.15, 0.2) is 49.2 Å². The largest absolute Gasteiger partial charge is 0.497 e. The Hall–Kier alpha value is -4.74. The van der Waals surface area contributed by atoms with Gasteiger partial charge in [0.05, 0.1) is 18.4 Å². The van der Waals surface area contributed by atoms with Crippen molar-refractivity contribution in [2.45, 2.75) is 34.6 Å². The lowest BCUT2D eigenvalue weighted by molar-refractivity contribution is 0.0958. The fourth-order valence-corrected chi connectivity index (χ4v) is 3.80. The SMILES string of the molecule is CC.CC.CCNC(=O)c1c(-c2ccn(C)n2)cn2nc(-c3nccn3C)nc(Nc3cc(OC)ccn3)c12. The summed E-state index contributed by atoms with van der Waals surface area (Å²) in [5.74, 6) is 2.21. The molecule has 39 heavy (non-hydrogen) atoms. The highest BCUT2D eigenvalue weighted by molar-refractivity contribution is 6.09. The van der Waals surface area contributed by atoms with Gasteiger partial charge in [-0.15, -0.1) is 5.10 Å². The molecule has 0 spiro atoms. The van der Waals surface area contributed by atoms with Gasteiger partial charge in [-0.1, -0.05) is 27.7 Å². The topological polar surface area (TPSA) is 129 Å². The number of amides is 1. The number of rotatable bonds is 7. The number of aryl methyl sites for hydroxylation is 2. The molecule has 206 valence electrons. The van der Waals surface area contributed by atoms with E-state index in [0.29, 0.717) is 57.9 Å².